The van der Waals surface area contributed by atoms with E-state index >= 15 is 0 Å². The van der Waals surface area contributed by atoms with Gasteiger partial charge in [0.05, 0.1) is 24.5 Å². The first-order chi connectivity index (χ1) is 12.1. The van der Waals surface area contributed by atoms with Crippen LogP contribution in [0.1, 0.15) is 13.8 Å². The molecule has 4 rings (SSSR count). The molecule has 0 bridgehead atoms. The van der Waals surface area contributed by atoms with E-state index in [1.807, 2.05) is 24.1 Å². The number of amides is 1. The molecular formula is C16H16N6O2S. The van der Waals surface area contributed by atoms with Crippen molar-refractivity contribution in [2.24, 2.45) is 0 Å². The average molecular weight is 356 g/mol. The third-order valence-electron chi connectivity index (χ3n) is 4.12. The van der Waals surface area contributed by atoms with Crippen molar-refractivity contribution in [2.45, 2.75) is 19.9 Å². The Labute approximate surface area is 148 Å². The molecule has 0 saturated carbocycles. The molecule has 0 fully saturated rings. The number of rotatable bonds is 3. The maximum Gasteiger partial charge on any atom is 0.246 e. The van der Waals surface area contributed by atoms with Gasteiger partial charge in [0.2, 0.25) is 11.7 Å². The number of hydrogen-bond acceptors (Lipinski definition) is 8. The molecule has 0 radical (unpaired) electrons. The van der Waals surface area contributed by atoms with Crippen molar-refractivity contribution < 1.29 is 9.32 Å². The van der Waals surface area contributed by atoms with E-state index in [0.29, 0.717) is 29.4 Å². The van der Waals surface area contributed by atoms with Crippen LogP contribution in [0, 0.1) is 0 Å². The van der Waals surface area contributed by atoms with Crippen LogP contribution in [-0.4, -0.2) is 45.7 Å². The molecule has 8 nitrogen and oxygen atoms in total. The minimum absolute atomic E-state index is 0.0194. The van der Waals surface area contributed by atoms with E-state index in [1.54, 1.807) is 30.5 Å². The summed E-state index contributed by atoms with van der Waals surface area (Å²) >= 11 is 1.46. The molecule has 128 valence electrons. The van der Waals surface area contributed by atoms with Crippen molar-refractivity contribution in [2.75, 3.05) is 23.4 Å². The number of nitrogens with zero attached hydrogens (tertiary/aromatic N) is 6. The molecule has 0 N–H and O–H groups in total. The fraction of sp³-hybridized carbons (Fsp3) is 0.312. The molecule has 25 heavy (non-hydrogen) atoms. The van der Waals surface area contributed by atoms with Gasteiger partial charge in [-0.2, -0.15) is 0 Å². The lowest BCUT2D eigenvalue weighted by atomic mass is 10.2. The van der Waals surface area contributed by atoms with Crippen molar-refractivity contribution in [1.29, 1.82) is 0 Å². The van der Waals surface area contributed by atoms with Crippen LogP contribution in [0.5, 0.6) is 0 Å². The molecule has 0 spiro atoms. The number of carbonyl (C=O) groups is 1. The van der Waals surface area contributed by atoms with Crippen LogP contribution in [0.3, 0.4) is 0 Å². The number of aromatic nitrogens is 4. The van der Waals surface area contributed by atoms with Crippen LogP contribution < -0.4 is 9.80 Å². The first-order valence-electron chi connectivity index (χ1n) is 7.81. The summed E-state index contributed by atoms with van der Waals surface area (Å²) in [5.74, 6) is 1.80. The Morgan fingerprint density at radius 2 is 2.12 bits per heavy atom. The molecule has 1 aliphatic heterocycles. The lowest BCUT2D eigenvalue weighted by Crippen LogP contribution is -2.47. The van der Waals surface area contributed by atoms with Gasteiger partial charge in [0.15, 0.2) is 16.6 Å². The maximum absolute atomic E-state index is 12.2. The molecule has 1 aliphatic rings. The Kier molecular flexibility index (Phi) is 3.72. The highest BCUT2D eigenvalue weighted by molar-refractivity contribution is 7.13. The van der Waals surface area contributed by atoms with E-state index in [4.69, 9.17) is 9.51 Å². The smallest absolute Gasteiger partial charge is 0.246 e. The van der Waals surface area contributed by atoms with Gasteiger partial charge in [0.25, 0.3) is 0 Å². The molecule has 0 saturated heterocycles. The SMILES string of the molecule is CC(C)N1CC(=O)N(C)c2cnc(-c3cnoc3-c3nccs3)nc21. The number of thiazole rings is 1. The summed E-state index contributed by atoms with van der Waals surface area (Å²) in [5.41, 5.74) is 1.38. The van der Waals surface area contributed by atoms with Crippen LogP contribution in [0.25, 0.3) is 22.2 Å². The lowest BCUT2D eigenvalue weighted by Gasteiger charge is -2.36. The molecule has 0 atom stereocenters. The van der Waals surface area contributed by atoms with Gasteiger partial charge in [0, 0.05) is 24.7 Å². The molecule has 1 amide bonds. The summed E-state index contributed by atoms with van der Waals surface area (Å²) in [7, 11) is 1.74. The third kappa shape index (κ3) is 2.56. The van der Waals surface area contributed by atoms with Crippen molar-refractivity contribution in [3.05, 3.63) is 24.0 Å². The van der Waals surface area contributed by atoms with Crippen LogP contribution in [-0.2, 0) is 4.79 Å². The molecule has 0 aromatic carbocycles. The molecule has 9 heteroatoms. The number of carbonyl (C=O) groups excluding carboxylic acids is 1. The van der Waals surface area contributed by atoms with Crippen molar-refractivity contribution in [1.82, 2.24) is 20.1 Å². The third-order valence-corrected chi connectivity index (χ3v) is 4.90. The zero-order valence-corrected chi connectivity index (χ0v) is 14.8. The second-order valence-electron chi connectivity index (χ2n) is 5.98. The van der Waals surface area contributed by atoms with Gasteiger partial charge in [-0.05, 0) is 13.8 Å². The van der Waals surface area contributed by atoms with E-state index in [0.717, 1.165) is 10.8 Å². The van der Waals surface area contributed by atoms with Gasteiger partial charge in [-0.3, -0.25) is 4.79 Å². The summed E-state index contributed by atoms with van der Waals surface area (Å²) in [6.45, 7) is 4.36. The topological polar surface area (TPSA) is 88.3 Å². The maximum atomic E-state index is 12.2. The van der Waals surface area contributed by atoms with Gasteiger partial charge in [-0.25, -0.2) is 15.0 Å². The highest BCUT2D eigenvalue weighted by atomic mass is 32.1. The monoisotopic (exact) mass is 356 g/mol. The van der Waals surface area contributed by atoms with Crippen LogP contribution in [0.4, 0.5) is 11.5 Å². The van der Waals surface area contributed by atoms with Crippen molar-refractivity contribution >= 4 is 28.7 Å². The van der Waals surface area contributed by atoms with E-state index < -0.39 is 0 Å². The zero-order valence-electron chi connectivity index (χ0n) is 14.0. The molecule has 0 unspecified atom stereocenters. The van der Waals surface area contributed by atoms with E-state index in [1.165, 1.54) is 11.3 Å². The minimum Gasteiger partial charge on any atom is -0.353 e. The van der Waals surface area contributed by atoms with Crippen LogP contribution in [0.2, 0.25) is 0 Å². The summed E-state index contributed by atoms with van der Waals surface area (Å²) in [5, 5.41) is 6.48. The molecular weight excluding hydrogens is 340 g/mol. The van der Waals surface area contributed by atoms with Gasteiger partial charge in [-0.1, -0.05) is 5.16 Å². The lowest BCUT2D eigenvalue weighted by molar-refractivity contribution is -0.117. The fourth-order valence-electron chi connectivity index (χ4n) is 2.72. The second-order valence-corrected chi connectivity index (χ2v) is 6.88. The normalized spacial score (nSPS) is 14.3. The number of fused-ring (bicyclic) bond motifs is 1. The summed E-state index contributed by atoms with van der Waals surface area (Å²) in [6, 6.07) is 0.139. The van der Waals surface area contributed by atoms with Gasteiger partial charge in [-0.15, -0.1) is 11.3 Å². The Morgan fingerprint density at radius 1 is 1.28 bits per heavy atom. The summed E-state index contributed by atoms with van der Waals surface area (Å²) in [4.78, 5) is 29.2. The predicted octanol–water partition coefficient (Wildman–Crippen LogP) is 2.45. The van der Waals surface area contributed by atoms with Crippen molar-refractivity contribution in [3.8, 4) is 22.2 Å². The second kappa shape index (κ2) is 5.92. The first kappa shape index (κ1) is 15.7. The largest absolute Gasteiger partial charge is 0.353 e. The van der Waals surface area contributed by atoms with Crippen LogP contribution in [0.15, 0.2) is 28.5 Å². The number of hydrogen-bond donors (Lipinski definition) is 0. The average Bonchev–Trinajstić information content (AvgIpc) is 3.27. The van der Waals surface area contributed by atoms with E-state index in [2.05, 4.69) is 15.1 Å². The Bertz CT molecular complexity index is 921. The van der Waals surface area contributed by atoms with Gasteiger partial charge < -0.3 is 14.3 Å². The summed E-state index contributed by atoms with van der Waals surface area (Å²) in [6.07, 6.45) is 4.97. The van der Waals surface area contributed by atoms with Crippen molar-refractivity contribution in [3.63, 3.8) is 0 Å². The standard InChI is InChI=1S/C16H16N6O2S/c1-9(2)22-8-12(23)21(3)11-7-18-14(20-15(11)22)10-6-19-24-13(10)16-17-4-5-25-16/h4-7,9H,8H2,1-3H3. The predicted molar refractivity (Wildman–Crippen MR) is 94.5 cm³/mol. The first-order valence-corrected chi connectivity index (χ1v) is 8.69. The van der Waals surface area contributed by atoms with Crippen LogP contribution >= 0.6 is 11.3 Å². The quantitative estimate of drug-likeness (QED) is 0.712. The summed E-state index contributed by atoms with van der Waals surface area (Å²) < 4.78 is 5.36. The Hall–Kier alpha value is -2.81. The Morgan fingerprint density at radius 3 is 2.84 bits per heavy atom. The highest BCUT2D eigenvalue weighted by Gasteiger charge is 2.31. The van der Waals surface area contributed by atoms with E-state index in [-0.39, 0.29) is 11.9 Å². The Balaban J connectivity index is 1.83. The molecule has 3 aromatic rings. The molecule has 0 aliphatic carbocycles. The number of likely N-dealkylation sites (N-methyl/N-ethyl adjacent to an activating group) is 1. The van der Waals surface area contributed by atoms with E-state index in [9.17, 15) is 4.79 Å². The molecule has 4 heterocycles. The molecule has 3 aromatic heterocycles. The van der Waals surface area contributed by atoms with Gasteiger partial charge >= 0.3 is 0 Å². The highest BCUT2D eigenvalue weighted by Crippen LogP contribution is 2.36. The number of anilines is 2. The zero-order chi connectivity index (χ0) is 17.6. The minimum atomic E-state index is 0.0194. The van der Waals surface area contributed by atoms with Gasteiger partial charge in [0.1, 0.15) is 5.69 Å². The fourth-order valence-corrected chi connectivity index (χ4v) is 3.35.